The Labute approximate surface area is 178 Å². The van der Waals surface area contributed by atoms with Crippen LogP contribution < -0.4 is 0 Å². The molecule has 4 aromatic rings. The van der Waals surface area contributed by atoms with Crippen LogP contribution in [0.1, 0.15) is 39.1 Å². The molecule has 0 aliphatic rings. The number of carboxylic acid groups (broad SMARTS) is 1. The monoisotopic (exact) mass is 413 g/mol. The van der Waals surface area contributed by atoms with E-state index in [2.05, 4.69) is 4.98 Å². The summed E-state index contributed by atoms with van der Waals surface area (Å²) < 4.78 is 10.8. The van der Waals surface area contributed by atoms with Crippen molar-refractivity contribution in [3.05, 3.63) is 89.3 Å². The molecule has 0 saturated heterocycles. The predicted octanol–water partition coefficient (Wildman–Crippen LogP) is 5.54. The second-order valence-corrected chi connectivity index (χ2v) is 6.75. The molecule has 1 N–H and O–H groups in total. The van der Waals surface area contributed by atoms with Crippen LogP contribution in [0.2, 0.25) is 0 Å². The number of hydrogen-bond donors (Lipinski definition) is 1. The van der Waals surface area contributed by atoms with Crippen LogP contribution in [-0.4, -0.2) is 28.6 Å². The van der Waals surface area contributed by atoms with Crippen molar-refractivity contribution in [1.29, 1.82) is 0 Å². The Morgan fingerprint density at radius 3 is 2.55 bits per heavy atom. The number of furan rings is 1. The molecule has 6 nitrogen and oxygen atoms in total. The van der Waals surface area contributed by atoms with E-state index in [1.165, 1.54) is 0 Å². The molecular formula is C25H19NO5. The molecule has 0 saturated carbocycles. The number of carbonyl (C=O) groups is 2. The average molecular weight is 413 g/mol. The summed E-state index contributed by atoms with van der Waals surface area (Å²) in [4.78, 5) is 27.9. The smallest absolute Gasteiger partial charge is 0.338 e. The zero-order valence-corrected chi connectivity index (χ0v) is 16.7. The molecule has 0 aliphatic carbocycles. The molecule has 0 unspecified atom stereocenters. The van der Waals surface area contributed by atoms with Gasteiger partial charge in [-0.1, -0.05) is 30.3 Å². The maximum Gasteiger partial charge on any atom is 0.338 e. The molecule has 6 heteroatoms. The molecule has 4 rings (SSSR count). The van der Waals surface area contributed by atoms with Crippen molar-refractivity contribution in [2.45, 2.75) is 6.92 Å². The fraction of sp³-hybridized carbons (Fsp3) is 0.0800. The molecule has 0 radical (unpaired) electrons. The highest BCUT2D eigenvalue weighted by Gasteiger charge is 2.11. The van der Waals surface area contributed by atoms with Gasteiger partial charge in [-0.15, -0.1) is 0 Å². The van der Waals surface area contributed by atoms with Crippen molar-refractivity contribution in [2.75, 3.05) is 6.61 Å². The fourth-order valence-electron chi connectivity index (χ4n) is 3.21. The quantitative estimate of drug-likeness (QED) is 0.418. The van der Waals surface area contributed by atoms with E-state index in [0.717, 1.165) is 5.56 Å². The van der Waals surface area contributed by atoms with Gasteiger partial charge >= 0.3 is 11.9 Å². The second kappa shape index (κ2) is 8.67. The van der Waals surface area contributed by atoms with Crippen LogP contribution in [-0.2, 0) is 4.74 Å². The number of para-hydroxylation sites is 1. The number of carboxylic acids is 1. The van der Waals surface area contributed by atoms with Crippen molar-refractivity contribution in [3.63, 3.8) is 0 Å². The molecule has 2 aromatic heterocycles. The summed E-state index contributed by atoms with van der Waals surface area (Å²) in [6.45, 7) is 2.09. The van der Waals surface area contributed by atoms with E-state index >= 15 is 0 Å². The maximum absolute atomic E-state index is 11.8. The predicted molar refractivity (Wildman–Crippen MR) is 118 cm³/mol. The number of aromatic nitrogens is 1. The number of esters is 1. The summed E-state index contributed by atoms with van der Waals surface area (Å²) in [5.74, 6) is -0.121. The van der Waals surface area contributed by atoms with Crippen molar-refractivity contribution >= 4 is 35.0 Å². The van der Waals surface area contributed by atoms with Gasteiger partial charge < -0.3 is 14.3 Å². The SMILES string of the molecule is CCOC(=O)c1ccc(-c2ccc(C=Cc3cc(C(=O)O)c4ccccc4n3)o2)cc1. The summed E-state index contributed by atoms with van der Waals surface area (Å²) in [6.07, 6.45) is 3.45. The van der Waals surface area contributed by atoms with E-state index in [4.69, 9.17) is 9.15 Å². The van der Waals surface area contributed by atoms with Crippen LogP contribution in [0.15, 0.2) is 71.1 Å². The van der Waals surface area contributed by atoms with Crippen molar-refractivity contribution in [3.8, 4) is 11.3 Å². The lowest BCUT2D eigenvalue weighted by Crippen LogP contribution is -2.03. The molecule has 0 spiro atoms. The lowest BCUT2D eigenvalue weighted by atomic mass is 10.1. The van der Waals surface area contributed by atoms with Gasteiger partial charge in [-0.25, -0.2) is 14.6 Å². The molecule has 2 heterocycles. The molecule has 154 valence electrons. The number of fused-ring (bicyclic) bond motifs is 1. The zero-order valence-electron chi connectivity index (χ0n) is 16.7. The molecular weight excluding hydrogens is 394 g/mol. The summed E-state index contributed by atoms with van der Waals surface area (Å²) in [6, 6.07) is 19.3. The number of pyridine rings is 1. The Morgan fingerprint density at radius 1 is 1.03 bits per heavy atom. The lowest BCUT2D eigenvalue weighted by Gasteiger charge is -2.04. The summed E-state index contributed by atoms with van der Waals surface area (Å²) >= 11 is 0. The lowest BCUT2D eigenvalue weighted by molar-refractivity contribution is 0.0526. The van der Waals surface area contributed by atoms with E-state index in [9.17, 15) is 14.7 Å². The van der Waals surface area contributed by atoms with E-state index in [0.29, 0.717) is 40.3 Å². The maximum atomic E-state index is 11.8. The first-order chi connectivity index (χ1) is 15.0. The van der Waals surface area contributed by atoms with Crippen LogP contribution >= 0.6 is 0 Å². The number of carbonyl (C=O) groups excluding carboxylic acids is 1. The molecule has 2 aromatic carbocycles. The van der Waals surface area contributed by atoms with Crippen molar-refractivity contribution in [2.24, 2.45) is 0 Å². The Balaban J connectivity index is 1.57. The summed E-state index contributed by atoms with van der Waals surface area (Å²) in [5, 5.41) is 10.1. The van der Waals surface area contributed by atoms with E-state index in [1.807, 2.05) is 18.2 Å². The van der Waals surface area contributed by atoms with Gasteiger partial charge in [0, 0.05) is 10.9 Å². The molecule has 31 heavy (non-hydrogen) atoms. The zero-order chi connectivity index (χ0) is 21.8. The molecule has 0 atom stereocenters. The Kier molecular flexibility index (Phi) is 5.62. The van der Waals surface area contributed by atoms with E-state index in [-0.39, 0.29) is 11.5 Å². The summed E-state index contributed by atoms with van der Waals surface area (Å²) in [7, 11) is 0. The molecule has 0 amide bonds. The number of rotatable bonds is 6. The highest BCUT2D eigenvalue weighted by Crippen LogP contribution is 2.25. The minimum absolute atomic E-state index is 0.201. The number of benzene rings is 2. The van der Waals surface area contributed by atoms with Gasteiger partial charge in [0.15, 0.2) is 0 Å². The van der Waals surface area contributed by atoms with Gasteiger partial charge in [-0.3, -0.25) is 0 Å². The molecule has 0 aliphatic heterocycles. The molecule has 0 fully saturated rings. The van der Waals surface area contributed by atoms with Crippen molar-refractivity contribution in [1.82, 2.24) is 4.98 Å². The Morgan fingerprint density at radius 2 is 1.81 bits per heavy atom. The Hall–Kier alpha value is -4.19. The second-order valence-electron chi connectivity index (χ2n) is 6.75. The topological polar surface area (TPSA) is 89.6 Å². The third-order valence-electron chi connectivity index (χ3n) is 4.69. The normalized spacial score (nSPS) is 11.1. The van der Waals surface area contributed by atoms with Crippen LogP contribution in [0.5, 0.6) is 0 Å². The average Bonchev–Trinajstić information content (AvgIpc) is 3.26. The van der Waals surface area contributed by atoms with Crippen LogP contribution in [0.3, 0.4) is 0 Å². The first-order valence-corrected chi connectivity index (χ1v) is 9.73. The highest BCUT2D eigenvalue weighted by atomic mass is 16.5. The van der Waals surface area contributed by atoms with Gasteiger partial charge in [0.2, 0.25) is 0 Å². The van der Waals surface area contributed by atoms with Crippen LogP contribution in [0.4, 0.5) is 0 Å². The highest BCUT2D eigenvalue weighted by molar-refractivity contribution is 6.03. The largest absolute Gasteiger partial charge is 0.478 e. The van der Waals surface area contributed by atoms with Crippen LogP contribution in [0.25, 0.3) is 34.4 Å². The Bertz CT molecular complexity index is 1290. The van der Waals surface area contributed by atoms with Gasteiger partial charge in [-0.2, -0.15) is 0 Å². The van der Waals surface area contributed by atoms with Crippen LogP contribution in [0, 0.1) is 0 Å². The van der Waals surface area contributed by atoms with Gasteiger partial charge in [0.25, 0.3) is 0 Å². The number of aromatic carboxylic acids is 1. The standard InChI is InChI=1S/C25H19NO5/c1-2-30-25(29)17-9-7-16(8-10-17)23-14-13-19(31-23)12-11-18-15-21(24(27)28)20-5-3-4-6-22(20)26-18/h3-15H,2H2,1H3,(H,27,28). The van der Waals surface area contributed by atoms with Gasteiger partial charge in [0.05, 0.1) is 28.9 Å². The third-order valence-corrected chi connectivity index (χ3v) is 4.69. The number of ether oxygens (including phenoxy) is 1. The van der Waals surface area contributed by atoms with Gasteiger partial charge in [0.1, 0.15) is 11.5 Å². The van der Waals surface area contributed by atoms with Gasteiger partial charge in [-0.05, 0) is 55.5 Å². The molecule has 0 bridgehead atoms. The van der Waals surface area contributed by atoms with E-state index in [1.54, 1.807) is 67.6 Å². The minimum Gasteiger partial charge on any atom is -0.478 e. The third kappa shape index (κ3) is 4.38. The first-order valence-electron chi connectivity index (χ1n) is 9.73. The number of hydrogen-bond acceptors (Lipinski definition) is 5. The van der Waals surface area contributed by atoms with E-state index < -0.39 is 5.97 Å². The summed E-state index contributed by atoms with van der Waals surface area (Å²) in [5.41, 5.74) is 2.64. The van der Waals surface area contributed by atoms with Crippen molar-refractivity contribution < 1.29 is 23.8 Å². The fourth-order valence-corrected chi connectivity index (χ4v) is 3.21. The first kappa shape index (κ1) is 20.1. The minimum atomic E-state index is -1.00. The number of nitrogens with zero attached hydrogens (tertiary/aromatic N) is 1.